The average Bonchev–Trinajstić information content (AvgIpc) is 1.85. The molecule has 0 aromatic carbocycles. The molecule has 0 fully saturated rings. The lowest BCUT2D eigenvalue weighted by Crippen LogP contribution is -1.86. The standard InChI is InChI=1S/C10H18O/c1-8(2)5-9(3)6-10(4)7-11/h5-6,8,11H,7H2,1-4H3. The van der Waals surface area contributed by atoms with E-state index in [4.69, 9.17) is 5.11 Å². The third kappa shape index (κ3) is 5.86. The molecule has 1 N–H and O–H groups in total. The van der Waals surface area contributed by atoms with E-state index in [0.29, 0.717) is 5.92 Å². The summed E-state index contributed by atoms with van der Waals surface area (Å²) >= 11 is 0. The SMILES string of the molecule is CC(=CC(C)C)C=C(C)CO. The number of aliphatic hydroxyl groups is 1. The fourth-order valence-corrected chi connectivity index (χ4v) is 1.01. The van der Waals surface area contributed by atoms with E-state index in [2.05, 4.69) is 26.8 Å². The third-order valence-electron chi connectivity index (χ3n) is 1.32. The molecular weight excluding hydrogens is 136 g/mol. The highest BCUT2D eigenvalue weighted by atomic mass is 16.3. The number of aliphatic hydroxyl groups excluding tert-OH is 1. The van der Waals surface area contributed by atoms with Gasteiger partial charge in [-0.25, -0.2) is 0 Å². The van der Waals surface area contributed by atoms with Crippen LogP contribution in [0.15, 0.2) is 23.3 Å². The van der Waals surface area contributed by atoms with Crippen molar-refractivity contribution in [1.29, 1.82) is 0 Å². The first-order chi connectivity index (χ1) is 5.06. The van der Waals surface area contributed by atoms with Crippen molar-refractivity contribution in [2.75, 3.05) is 6.61 Å². The maximum Gasteiger partial charge on any atom is 0.0642 e. The van der Waals surface area contributed by atoms with E-state index in [-0.39, 0.29) is 6.61 Å². The molecule has 64 valence electrons. The van der Waals surface area contributed by atoms with Gasteiger partial charge in [-0.05, 0) is 25.3 Å². The monoisotopic (exact) mass is 154 g/mol. The molecule has 1 nitrogen and oxygen atoms in total. The first-order valence-electron chi connectivity index (χ1n) is 4.02. The van der Waals surface area contributed by atoms with Gasteiger partial charge in [0, 0.05) is 0 Å². The van der Waals surface area contributed by atoms with Crippen molar-refractivity contribution in [3.8, 4) is 0 Å². The second-order valence-corrected chi connectivity index (χ2v) is 3.30. The molecule has 0 aromatic rings. The molecule has 0 unspecified atom stereocenters. The predicted molar refractivity (Wildman–Crippen MR) is 49.4 cm³/mol. The summed E-state index contributed by atoms with van der Waals surface area (Å²) in [5.74, 6) is 0.581. The first-order valence-corrected chi connectivity index (χ1v) is 4.02. The topological polar surface area (TPSA) is 20.2 Å². The van der Waals surface area contributed by atoms with Crippen LogP contribution in [0.25, 0.3) is 0 Å². The summed E-state index contributed by atoms with van der Waals surface area (Å²) in [5, 5.41) is 8.72. The van der Waals surface area contributed by atoms with Crippen molar-refractivity contribution in [3.63, 3.8) is 0 Å². The van der Waals surface area contributed by atoms with Crippen LogP contribution in [0.4, 0.5) is 0 Å². The average molecular weight is 154 g/mol. The van der Waals surface area contributed by atoms with Crippen molar-refractivity contribution in [1.82, 2.24) is 0 Å². The Bertz CT molecular complexity index is 164. The van der Waals surface area contributed by atoms with Gasteiger partial charge in [-0.3, -0.25) is 0 Å². The van der Waals surface area contributed by atoms with Gasteiger partial charge in [0.25, 0.3) is 0 Å². The van der Waals surface area contributed by atoms with E-state index in [1.807, 2.05) is 13.0 Å². The van der Waals surface area contributed by atoms with Gasteiger partial charge < -0.3 is 5.11 Å². The van der Waals surface area contributed by atoms with Crippen LogP contribution in [0.1, 0.15) is 27.7 Å². The smallest absolute Gasteiger partial charge is 0.0642 e. The molecule has 0 aliphatic heterocycles. The van der Waals surface area contributed by atoms with Crippen molar-refractivity contribution < 1.29 is 5.11 Å². The molecule has 0 aliphatic rings. The molecule has 0 heterocycles. The van der Waals surface area contributed by atoms with Crippen molar-refractivity contribution in [2.45, 2.75) is 27.7 Å². The summed E-state index contributed by atoms with van der Waals surface area (Å²) in [6.07, 6.45) is 4.19. The van der Waals surface area contributed by atoms with E-state index >= 15 is 0 Å². The van der Waals surface area contributed by atoms with E-state index in [9.17, 15) is 0 Å². The van der Waals surface area contributed by atoms with E-state index in [0.717, 1.165) is 5.57 Å². The Morgan fingerprint density at radius 3 is 2.27 bits per heavy atom. The zero-order chi connectivity index (χ0) is 8.85. The number of hydrogen-bond donors (Lipinski definition) is 1. The van der Waals surface area contributed by atoms with Crippen LogP contribution in [-0.2, 0) is 0 Å². The van der Waals surface area contributed by atoms with Crippen LogP contribution in [0.3, 0.4) is 0 Å². The van der Waals surface area contributed by atoms with Crippen LogP contribution >= 0.6 is 0 Å². The third-order valence-corrected chi connectivity index (χ3v) is 1.32. The molecule has 11 heavy (non-hydrogen) atoms. The summed E-state index contributed by atoms with van der Waals surface area (Å²) in [7, 11) is 0. The lowest BCUT2D eigenvalue weighted by atomic mass is 10.1. The number of rotatable bonds is 3. The molecule has 0 amide bonds. The molecule has 0 aromatic heterocycles. The van der Waals surface area contributed by atoms with Gasteiger partial charge in [-0.2, -0.15) is 0 Å². The molecule has 0 atom stereocenters. The molecule has 0 bridgehead atoms. The maximum absolute atomic E-state index is 8.72. The van der Waals surface area contributed by atoms with Crippen LogP contribution in [0.5, 0.6) is 0 Å². The Hall–Kier alpha value is -0.560. The summed E-state index contributed by atoms with van der Waals surface area (Å²) in [6, 6.07) is 0. The summed E-state index contributed by atoms with van der Waals surface area (Å²) < 4.78 is 0. The van der Waals surface area contributed by atoms with Crippen LogP contribution in [0, 0.1) is 5.92 Å². The number of hydrogen-bond acceptors (Lipinski definition) is 1. The minimum absolute atomic E-state index is 0.156. The normalized spacial score (nSPS) is 14.4. The van der Waals surface area contributed by atoms with Gasteiger partial charge in [0.1, 0.15) is 0 Å². The Labute approximate surface area is 69.4 Å². The highest BCUT2D eigenvalue weighted by Crippen LogP contribution is 2.05. The molecule has 1 heteroatoms. The minimum Gasteiger partial charge on any atom is -0.392 e. The van der Waals surface area contributed by atoms with E-state index < -0.39 is 0 Å². The fraction of sp³-hybridized carbons (Fsp3) is 0.600. The Morgan fingerprint density at radius 1 is 1.36 bits per heavy atom. The molecule has 0 rings (SSSR count). The van der Waals surface area contributed by atoms with E-state index in [1.165, 1.54) is 5.57 Å². The summed E-state index contributed by atoms with van der Waals surface area (Å²) in [6.45, 7) is 8.43. The molecular formula is C10H18O. The minimum atomic E-state index is 0.156. The van der Waals surface area contributed by atoms with Crippen LogP contribution < -0.4 is 0 Å². The van der Waals surface area contributed by atoms with Crippen LogP contribution in [-0.4, -0.2) is 11.7 Å². The van der Waals surface area contributed by atoms with Gasteiger partial charge in [-0.1, -0.05) is 31.6 Å². The zero-order valence-electron chi connectivity index (χ0n) is 7.89. The summed E-state index contributed by atoms with van der Waals surface area (Å²) in [5.41, 5.74) is 2.24. The largest absolute Gasteiger partial charge is 0.392 e. The lowest BCUT2D eigenvalue weighted by molar-refractivity contribution is 0.331. The molecule has 0 saturated carbocycles. The molecule has 0 aliphatic carbocycles. The van der Waals surface area contributed by atoms with Gasteiger partial charge in [0.05, 0.1) is 6.61 Å². The zero-order valence-corrected chi connectivity index (χ0v) is 7.89. The van der Waals surface area contributed by atoms with Gasteiger partial charge in [0.2, 0.25) is 0 Å². The molecule has 0 saturated heterocycles. The Balaban J connectivity index is 4.15. The second kappa shape index (κ2) is 5.14. The van der Waals surface area contributed by atoms with Gasteiger partial charge >= 0.3 is 0 Å². The summed E-state index contributed by atoms with van der Waals surface area (Å²) in [4.78, 5) is 0. The molecule has 0 spiro atoms. The van der Waals surface area contributed by atoms with E-state index in [1.54, 1.807) is 0 Å². The Morgan fingerprint density at radius 2 is 1.91 bits per heavy atom. The van der Waals surface area contributed by atoms with Crippen molar-refractivity contribution >= 4 is 0 Å². The van der Waals surface area contributed by atoms with Crippen molar-refractivity contribution in [3.05, 3.63) is 23.3 Å². The van der Waals surface area contributed by atoms with Gasteiger partial charge in [0.15, 0.2) is 0 Å². The Kier molecular flexibility index (Phi) is 4.88. The lowest BCUT2D eigenvalue weighted by Gasteiger charge is -1.99. The highest BCUT2D eigenvalue weighted by Gasteiger charge is 1.89. The quantitative estimate of drug-likeness (QED) is 0.619. The fourth-order valence-electron chi connectivity index (χ4n) is 1.01. The predicted octanol–water partition coefficient (Wildman–Crippen LogP) is 2.53. The first kappa shape index (κ1) is 10.4. The highest BCUT2D eigenvalue weighted by molar-refractivity contribution is 5.21. The maximum atomic E-state index is 8.72. The van der Waals surface area contributed by atoms with Gasteiger partial charge in [-0.15, -0.1) is 0 Å². The van der Waals surface area contributed by atoms with Crippen molar-refractivity contribution in [2.24, 2.45) is 5.92 Å². The second-order valence-electron chi connectivity index (χ2n) is 3.30. The van der Waals surface area contributed by atoms with Crippen LogP contribution in [0.2, 0.25) is 0 Å². The number of allylic oxidation sites excluding steroid dienone is 3. The molecule has 0 radical (unpaired) electrons.